The maximum absolute atomic E-state index is 5.60. The molecule has 0 aliphatic rings. The lowest BCUT2D eigenvalue weighted by molar-refractivity contribution is 0.492. The first kappa shape index (κ1) is 12.6. The maximum Gasteiger partial charge on any atom is 0.0276 e. The summed E-state index contributed by atoms with van der Waals surface area (Å²) in [6.07, 6.45) is 3.71. The molecule has 0 N–H and O–H groups in total. The zero-order valence-electron chi connectivity index (χ0n) is 9.99. The normalized spacial score (nSPS) is 13.9. The second-order valence-electron chi connectivity index (χ2n) is 4.71. The van der Waals surface area contributed by atoms with Crippen molar-refractivity contribution in [2.75, 3.05) is 0 Å². The number of hydrogen-bond acceptors (Lipinski definition) is 0. The predicted molar refractivity (Wildman–Crippen MR) is 70.4 cm³/mol. The summed E-state index contributed by atoms with van der Waals surface area (Å²) in [5.41, 5.74) is 1.39. The Morgan fingerprint density at radius 2 is 1.80 bits per heavy atom. The Labute approximate surface area is 99.5 Å². The third kappa shape index (κ3) is 3.90. The van der Waals surface area contributed by atoms with Gasteiger partial charge in [-0.25, -0.2) is 0 Å². The molecule has 1 heteroatoms. The molecule has 83 valence electrons. The van der Waals surface area contributed by atoms with Crippen LogP contribution in [0.1, 0.15) is 51.5 Å². The average Bonchev–Trinajstić information content (AvgIpc) is 2.18. The number of hydrogen-bond donors (Lipinski definition) is 0. The van der Waals surface area contributed by atoms with E-state index >= 15 is 0 Å². The van der Waals surface area contributed by atoms with E-state index < -0.39 is 0 Å². The fourth-order valence-corrected chi connectivity index (χ4v) is 2.26. The van der Waals surface area contributed by atoms with Gasteiger partial charge in [-0.1, -0.05) is 62.7 Å². The largest absolute Gasteiger partial charge is 0.0867 e. The second kappa shape index (κ2) is 5.60. The van der Waals surface area contributed by atoms with E-state index in [1.807, 2.05) is 0 Å². The highest BCUT2D eigenvalue weighted by molar-refractivity contribution is 7.81. The van der Waals surface area contributed by atoms with Crippen LogP contribution in [-0.4, -0.2) is 4.75 Å². The molecule has 0 saturated heterocycles. The Morgan fingerprint density at radius 3 is 2.27 bits per heavy atom. The van der Waals surface area contributed by atoms with Crippen LogP contribution in [0.15, 0.2) is 30.3 Å². The molecule has 0 bridgehead atoms. The Morgan fingerprint density at radius 1 is 1.20 bits per heavy atom. The summed E-state index contributed by atoms with van der Waals surface area (Å²) in [7, 11) is 0. The van der Waals surface area contributed by atoms with E-state index in [0.717, 1.165) is 0 Å². The molecule has 0 heterocycles. The van der Waals surface area contributed by atoms with Crippen LogP contribution in [0.5, 0.6) is 0 Å². The topological polar surface area (TPSA) is 0 Å². The van der Waals surface area contributed by atoms with E-state index in [4.69, 9.17) is 12.6 Å². The van der Waals surface area contributed by atoms with Crippen LogP contribution in [0.4, 0.5) is 0 Å². The van der Waals surface area contributed by atoms with E-state index in [2.05, 4.69) is 51.1 Å². The van der Waals surface area contributed by atoms with Gasteiger partial charge >= 0.3 is 0 Å². The van der Waals surface area contributed by atoms with Crippen LogP contribution in [-0.2, 0) is 0 Å². The Hall–Kier alpha value is -0.430. The van der Waals surface area contributed by atoms with Gasteiger partial charge in [0, 0.05) is 4.75 Å². The fraction of sp³-hybridized carbons (Fsp3) is 0.571. The molecule has 0 saturated carbocycles. The first-order chi connectivity index (χ1) is 7.05. The van der Waals surface area contributed by atoms with Gasteiger partial charge in [-0.2, -0.15) is 0 Å². The van der Waals surface area contributed by atoms with Crippen molar-refractivity contribution in [2.24, 2.45) is 0 Å². The monoisotopic (exact) mass is 221 g/mol. The highest BCUT2D eigenvalue weighted by Gasteiger charge is 2.27. The highest BCUT2D eigenvalue weighted by Crippen LogP contribution is 2.36. The molecule has 0 spiro atoms. The van der Waals surface area contributed by atoms with E-state index in [0.29, 0.717) is 5.92 Å². The smallest absolute Gasteiger partial charge is 0.0276 e. The molecule has 1 unspecified atom stereocenters. The minimum Gasteiger partial charge on any atom is -0.0867 e. The molecule has 1 aromatic carbocycles. The second-order valence-corrected chi connectivity index (χ2v) is 5.76. The quantitative estimate of drug-likeness (QED) is 0.661. The van der Waals surface area contributed by atoms with Crippen molar-refractivity contribution < 1.29 is 0 Å². The molecule has 1 atom stereocenters. The van der Waals surface area contributed by atoms with E-state index in [1.165, 1.54) is 24.8 Å². The fourth-order valence-electron chi connectivity index (χ4n) is 2.01. The van der Waals surface area contributed by atoms with Gasteiger partial charge in [-0.15, -0.1) is 0 Å². The summed E-state index contributed by atoms with van der Waals surface area (Å²) in [6.45, 7) is 6.56. The van der Waals surface area contributed by atoms with Gasteiger partial charge in [-0.05, 0) is 31.7 Å². The van der Waals surface area contributed by atoms with Crippen LogP contribution >= 0.6 is 12.6 Å². The molecule has 0 aliphatic carbocycles. The molecule has 0 aromatic heterocycles. The van der Waals surface area contributed by atoms with Crippen LogP contribution in [0.25, 0.3) is 0 Å². The number of unbranched alkanes of at least 4 members (excludes halogenated alkanes) is 1. The van der Waals surface area contributed by atoms with Crippen LogP contribution in [0.2, 0.25) is 0 Å². The molecule has 1 aromatic rings. The van der Waals surface area contributed by atoms with Crippen molar-refractivity contribution in [3.05, 3.63) is 35.9 Å². The summed E-state index contributed by atoms with van der Waals surface area (Å²) in [4.78, 5) is 0. The van der Waals surface area contributed by atoms with Gasteiger partial charge in [0.25, 0.3) is 0 Å². The lowest BCUT2D eigenvalue weighted by Crippen LogP contribution is -2.22. The summed E-state index contributed by atoms with van der Waals surface area (Å²) in [5, 5.41) is 0. The number of rotatable bonds is 5. The molecule has 0 amide bonds. The van der Waals surface area contributed by atoms with E-state index in [1.54, 1.807) is 0 Å². The zero-order chi connectivity index (χ0) is 11.3. The van der Waals surface area contributed by atoms with Gasteiger partial charge in [0.05, 0.1) is 0 Å². The molecule has 0 aliphatic heterocycles. The van der Waals surface area contributed by atoms with Gasteiger partial charge < -0.3 is 0 Å². The maximum atomic E-state index is 5.60. The molecule has 0 fully saturated rings. The van der Waals surface area contributed by atoms with Crippen LogP contribution in [0.3, 0.4) is 0 Å². The van der Waals surface area contributed by atoms with Crippen LogP contribution in [0, 0.1) is 0 Å². The van der Waals surface area contributed by atoms with Gasteiger partial charge in [0.1, 0.15) is 0 Å². The van der Waals surface area contributed by atoms with Gasteiger partial charge in [0.2, 0.25) is 0 Å². The third-order valence-electron chi connectivity index (χ3n) is 2.89. The summed E-state index contributed by atoms with van der Waals surface area (Å²) < 4.78 is -0.0451. The van der Waals surface area contributed by atoms with Crippen molar-refractivity contribution >= 4 is 12.6 Å². The summed E-state index contributed by atoms with van der Waals surface area (Å²) in [5.74, 6) is 0.508. The first-order valence-corrected chi connectivity index (χ1v) is 6.22. The van der Waals surface area contributed by atoms with Crippen molar-refractivity contribution in [3.8, 4) is 0 Å². The van der Waals surface area contributed by atoms with Gasteiger partial charge in [0.15, 0.2) is 0 Å². The van der Waals surface area contributed by atoms with Crippen LogP contribution < -0.4 is 0 Å². The first-order valence-electron chi connectivity index (χ1n) is 5.81. The molecule has 1 radical (unpaired) electrons. The van der Waals surface area contributed by atoms with E-state index in [-0.39, 0.29) is 4.75 Å². The molecular weight excluding hydrogens is 200 g/mol. The molecular formula is C14H21S. The highest BCUT2D eigenvalue weighted by atomic mass is 32.1. The van der Waals surface area contributed by atoms with Crippen molar-refractivity contribution in [1.82, 2.24) is 0 Å². The Balaban J connectivity index is 2.82. The SMILES string of the molecule is CCCCC(c1ccccc1)C(C)(C)[S]. The summed E-state index contributed by atoms with van der Waals surface area (Å²) in [6, 6.07) is 10.7. The minimum absolute atomic E-state index is 0.0451. The minimum atomic E-state index is -0.0451. The van der Waals surface area contributed by atoms with Crippen molar-refractivity contribution in [1.29, 1.82) is 0 Å². The van der Waals surface area contributed by atoms with Crippen molar-refractivity contribution in [2.45, 2.75) is 50.7 Å². The summed E-state index contributed by atoms with van der Waals surface area (Å²) >= 11 is 5.60. The van der Waals surface area contributed by atoms with Gasteiger partial charge in [-0.3, -0.25) is 0 Å². The Kier molecular flexibility index (Phi) is 4.72. The molecule has 15 heavy (non-hydrogen) atoms. The zero-order valence-corrected chi connectivity index (χ0v) is 10.8. The predicted octanol–water partition coefficient (Wildman–Crippen LogP) is 4.94. The van der Waals surface area contributed by atoms with Crippen molar-refractivity contribution in [3.63, 3.8) is 0 Å². The Bertz CT molecular complexity index is 271. The number of benzene rings is 1. The third-order valence-corrected chi connectivity index (χ3v) is 3.17. The molecule has 0 nitrogen and oxygen atoms in total. The lowest BCUT2D eigenvalue weighted by Gasteiger charge is -2.29. The lowest BCUT2D eigenvalue weighted by atomic mass is 9.84. The average molecular weight is 221 g/mol. The van der Waals surface area contributed by atoms with E-state index in [9.17, 15) is 0 Å². The standard InChI is InChI=1S/C14H21S/c1-4-5-11-13(14(2,3)15)12-9-7-6-8-10-12/h6-10,13H,4-5,11H2,1-3H3. The molecule has 1 rings (SSSR count).